The zero-order valence-corrected chi connectivity index (χ0v) is 21.9. The molecule has 0 saturated carbocycles. The summed E-state index contributed by atoms with van der Waals surface area (Å²) in [5.74, 6) is 1.67. The molecule has 1 aliphatic carbocycles. The predicted molar refractivity (Wildman–Crippen MR) is 130 cm³/mol. The van der Waals surface area contributed by atoms with Crippen LogP contribution in [-0.2, 0) is 14.8 Å². The molecular formula is C23H32BrF3N4O3S. The van der Waals surface area contributed by atoms with Crippen LogP contribution in [0.1, 0.15) is 32.1 Å². The molecule has 12 heteroatoms. The highest BCUT2D eigenvalue weighted by atomic mass is 79.9. The molecule has 0 radical (unpaired) electrons. The third-order valence-electron chi connectivity index (χ3n) is 7.32. The number of ether oxygens (including phenoxy) is 1. The third kappa shape index (κ3) is 7.39. The summed E-state index contributed by atoms with van der Waals surface area (Å²) in [6, 6.07) is 0. The van der Waals surface area contributed by atoms with Gasteiger partial charge in [-0.25, -0.2) is 22.7 Å². The maximum absolute atomic E-state index is 12.4. The minimum atomic E-state index is -4.46. The molecule has 1 aromatic heterocycles. The van der Waals surface area contributed by atoms with Crippen LogP contribution in [0.3, 0.4) is 0 Å². The molecule has 4 rings (SSSR count). The molecule has 1 aromatic rings. The van der Waals surface area contributed by atoms with Gasteiger partial charge in [-0.05, 0) is 59.4 Å². The van der Waals surface area contributed by atoms with Gasteiger partial charge in [-0.3, -0.25) is 0 Å². The monoisotopic (exact) mass is 580 g/mol. The van der Waals surface area contributed by atoms with Gasteiger partial charge in [0.05, 0.1) is 23.3 Å². The minimum Gasteiger partial charge on any atom is -0.381 e. The van der Waals surface area contributed by atoms with Crippen molar-refractivity contribution in [1.29, 1.82) is 0 Å². The van der Waals surface area contributed by atoms with Gasteiger partial charge in [0.2, 0.25) is 16.0 Å². The van der Waals surface area contributed by atoms with E-state index in [1.807, 2.05) is 0 Å². The summed E-state index contributed by atoms with van der Waals surface area (Å²) in [7, 11) is -3.86. The predicted octanol–water partition coefficient (Wildman–Crippen LogP) is 4.27. The Morgan fingerprint density at radius 2 is 1.66 bits per heavy atom. The number of allylic oxidation sites excluding steroid dienone is 1. The Morgan fingerprint density at radius 1 is 1.00 bits per heavy atom. The summed E-state index contributed by atoms with van der Waals surface area (Å²) in [5, 5.41) is 0. The highest BCUT2D eigenvalue weighted by Gasteiger charge is 2.36. The molecule has 0 aromatic carbocycles. The van der Waals surface area contributed by atoms with E-state index >= 15 is 0 Å². The van der Waals surface area contributed by atoms with E-state index in [2.05, 4.69) is 42.9 Å². The van der Waals surface area contributed by atoms with Crippen molar-refractivity contribution in [2.24, 2.45) is 23.7 Å². The van der Waals surface area contributed by atoms with Gasteiger partial charge in [-0.15, -0.1) is 0 Å². The standard InChI is InChI=1S/C23H32BrF3N4O3S/c24-20-13-28-22(29-14-20)30-8-5-18(6-9-30)21-2-1-19(21)16-34-15-17-3-10-31(11-4-17)35(32,33)12-7-23(25,26)27/h1-2,13-14,17-19,21H,3-12,15-16H2. The number of anilines is 1. The number of alkyl halides is 3. The van der Waals surface area contributed by atoms with Crippen LogP contribution in [-0.4, -0.2) is 74.0 Å². The zero-order valence-electron chi connectivity index (χ0n) is 19.5. The maximum Gasteiger partial charge on any atom is 0.390 e. The number of halogens is 4. The summed E-state index contributed by atoms with van der Waals surface area (Å²) >= 11 is 3.37. The van der Waals surface area contributed by atoms with Crippen LogP contribution in [0.2, 0.25) is 0 Å². The van der Waals surface area contributed by atoms with Gasteiger partial charge in [0.1, 0.15) is 0 Å². The number of piperidine rings is 2. The fourth-order valence-electron chi connectivity index (χ4n) is 5.12. The molecule has 0 N–H and O–H groups in total. The molecule has 35 heavy (non-hydrogen) atoms. The first kappa shape index (κ1) is 26.8. The Hall–Kier alpha value is -1.24. The fourth-order valence-corrected chi connectivity index (χ4v) is 6.84. The summed E-state index contributed by atoms with van der Waals surface area (Å²) in [6.07, 6.45) is 5.69. The average molecular weight is 581 g/mol. The maximum atomic E-state index is 12.4. The molecule has 0 spiro atoms. The first-order valence-electron chi connectivity index (χ1n) is 12.1. The van der Waals surface area contributed by atoms with E-state index in [0.29, 0.717) is 43.8 Å². The molecule has 7 nitrogen and oxygen atoms in total. The third-order valence-corrected chi connectivity index (χ3v) is 9.60. The second kappa shape index (κ2) is 11.4. The van der Waals surface area contributed by atoms with Crippen LogP contribution in [0.15, 0.2) is 29.0 Å². The van der Waals surface area contributed by atoms with Crippen molar-refractivity contribution in [3.8, 4) is 0 Å². The van der Waals surface area contributed by atoms with Gasteiger partial charge in [-0.1, -0.05) is 12.2 Å². The van der Waals surface area contributed by atoms with Crippen molar-refractivity contribution in [3.05, 3.63) is 29.0 Å². The van der Waals surface area contributed by atoms with Crippen LogP contribution in [0.5, 0.6) is 0 Å². The normalized spacial score (nSPS) is 25.1. The van der Waals surface area contributed by atoms with Gasteiger partial charge in [0, 0.05) is 51.1 Å². The summed E-state index contributed by atoms with van der Waals surface area (Å²) in [5.41, 5.74) is 0. The van der Waals surface area contributed by atoms with Crippen molar-refractivity contribution in [1.82, 2.24) is 14.3 Å². The topological polar surface area (TPSA) is 75.6 Å². The number of rotatable bonds is 9. The van der Waals surface area contributed by atoms with E-state index in [-0.39, 0.29) is 19.0 Å². The van der Waals surface area contributed by atoms with E-state index in [9.17, 15) is 21.6 Å². The lowest BCUT2D eigenvalue weighted by Gasteiger charge is -2.41. The highest BCUT2D eigenvalue weighted by molar-refractivity contribution is 9.10. The largest absolute Gasteiger partial charge is 0.390 e. The smallest absolute Gasteiger partial charge is 0.381 e. The Bertz CT molecular complexity index is 961. The molecule has 196 valence electrons. The molecule has 2 unspecified atom stereocenters. The van der Waals surface area contributed by atoms with Crippen LogP contribution in [0.25, 0.3) is 0 Å². The Labute approximate surface area is 213 Å². The van der Waals surface area contributed by atoms with Gasteiger partial charge >= 0.3 is 6.18 Å². The Kier molecular flexibility index (Phi) is 8.76. The molecule has 2 saturated heterocycles. The van der Waals surface area contributed by atoms with E-state index in [1.165, 1.54) is 4.31 Å². The molecule has 0 amide bonds. The van der Waals surface area contributed by atoms with Crippen molar-refractivity contribution in [2.45, 2.75) is 38.3 Å². The van der Waals surface area contributed by atoms with Crippen LogP contribution in [0.4, 0.5) is 19.1 Å². The SMILES string of the molecule is O=S(=O)(CCC(F)(F)F)N1CCC(COCC2C=CC2C2CCN(c3ncc(Br)cn3)CC2)CC1. The molecule has 3 aliphatic rings. The zero-order chi connectivity index (χ0) is 25.1. The first-order chi connectivity index (χ1) is 16.6. The van der Waals surface area contributed by atoms with E-state index in [4.69, 9.17) is 4.74 Å². The number of hydrogen-bond acceptors (Lipinski definition) is 6. The fraction of sp³-hybridized carbons (Fsp3) is 0.739. The number of aromatic nitrogens is 2. The lowest BCUT2D eigenvalue weighted by molar-refractivity contribution is -0.130. The van der Waals surface area contributed by atoms with Crippen LogP contribution >= 0.6 is 15.9 Å². The number of hydrogen-bond donors (Lipinski definition) is 0. The number of sulfonamides is 1. The quantitative estimate of drug-likeness (QED) is 0.406. The van der Waals surface area contributed by atoms with Crippen molar-refractivity contribution < 1.29 is 26.3 Å². The lowest BCUT2D eigenvalue weighted by atomic mass is 9.71. The second-order valence-corrected chi connectivity index (χ2v) is 12.7. The highest BCUT2D eigenvalue weighted by Crippen LogP contribution is 2.38. The van der Waals surface area contributed by atoms with Crippen molar-refractivity contribution in [3.63, 3.8) is 0 Å². The van der Waals surface area contributed by atoms with Gasteiger partial charge in [0.15, 0.2) is 0 Å². The summed E-state index contributed by atoms with van der Waals surface area (Å²) in [4.78, 5) is 11.0. The molecule has 0 bridgehead atoms. The summed E-state index contributed by atoms with van der Waals surface area (Å²) in [6.45, 7) is 3.62. The van der Waals surface area contributed by atoms with E-state index in [1.54, 1.807) is 12.4 Å². The molecule has 2 atom stereocenters. The second-order valence-electron chi connectivity index (χ2n) is 9.71. The molecule has 2 fully saturated rings. The Morgan fingerprint density at radius 3 is 2.23 bits per heavy atom. The van der Waals surface area contributed by atoms with E-state index < -0.39 is 28.4 Å². The molecule has 3 heterocycles. The summed E-state index contributed by atoms with van der Waals surface area (Å²) < 4.78 is 69.6. The molecule has 2 aliphatic heterocycles. The van der Waals surface area contributed by atoms with Crippen molar-refractivity contribution >= 4 is 31.9 Å². The van der Waals surface area contributed by atoms with Crippen LogP contribution < -0.4 is 4.90 Å². The van der Waals surface area contributed by atoms with Gasteiger partial charge in [-0.2, -0.15) is 13.2 Å². The number of nitrogens with zero attached hydrogens (tertiary/aromatic N) is 4. The minimum absolute atomic E-state index is 0.237. The lowest BCUT2D eigenvalue weighted by Crippen LogP contribution is -2.42. The van der Waals surface area contributed by atoms with Gasteiger partial charge in [0.25, 0.3) is 0 Å². The van der Waals surface area contributed by atoms with E-state index in [0.717, 1.165) is 36.4 Å². The van der Waals surface area contributed by atoms with Crippen LogP contribution in [0, 0.1) is 23.7 Å². The first-order valence-corrected chi connectivity index (χ1v) is 14.5. The molecular weight excluding hydrogens is 549 g/mol. The van der Waals surface area contributed by atoms with Crippen molar-refractivity contribution in [2.75, 3.05) is 50.0 Å². The Balaban J connectivity index is 1.13. The average Bonchev–Trinajstić information content (AvgIpc) is 2.81. The van der Waals surface area contributed by atoms with Gasteiger partial charge < -0.3 is 9.64 Å².